The van der Waals surface area contributed by atoms with Crippen LogP contribution in [0, 0.1) is 27.7 Å². The zero-order valence-corrected chi connectivity index (χ0v) is 25.2. The number of nitrogens with one attached hydrogen (secondary N) is 2. The highest BCUT2D eigenvalue weighted by atomic mass is 16.6. The van der Waals surface area contributed by atoms with E-state index >= 15 is 0 Å². The lowest BCUT2D eigenvalue weighted by molar-refractivity contribution is -0.140. The Labute approximate surface area is 234 Å². The molecule has 0 fully saturated rings. The van der Waals surface area contributed by atoms with Gasteiger partial charge in [0.2, 0.25) is 5.91 Å². The number of hydrogen-bond donors (Lipinski definition) is 2. The molecule has 39 heavy (non-hydrogen) atoms. The number of benzene rings is 2. The number of ether oxygens (including phenoxy) is 1. The van der Waals surface area contributed by atoms with Crippen molar-refractivity contribution >= 4 is 23.6 Å². The Balaban J connectivity index is 2.53. The van der Waals surface area contributed by atoms with Crippen molar-refractivity contribution in [2.45, 2.75) is 106 Å². The monoisotopic (exact) mass is 537 g/mol. The Hall–Kier alpha value is -3.35. The third-order valence-corrected chi connectivity index (χ3v) is 6.66. The van der Waals surface area contributed by atoms with Gasteiger partial charge in [-0.1, -0.05) is 68.1 Å². The number of nitrogens with zero attached hydrogens (tertiary/aromatic N) is 1. The van der Waals surface area contributed by atoms with Crippen molar-refractivity contribution in [1.82, 2.24) is 10.2 Å². The number of para-hydroxylation sites is 1. The molecule has 0 aliphatic rings. The number of aryl methyl sites for hydroxylation is 4. The summed E-state index contributed by atoms with van der Waals surface area (Å²) in [6, 6.07) is 10.1. The second-order valence-corrected chi connectivity index (χ2v) is 11.5. The fraction of sp³-hybridized carbons (Fsp3) is 0.531. The van der Waals surface area contributed by atoms with Gasteiger partial charge in [-0.2, -0.15) is 0 Å². The van der Waals surface area contributed by atoms with E-state index in [9.17, 15) is 14.4 Å². The number of unbranched alkanes of at least 4 members (excludes halogenated alkanes) is 3. The smallest absolute Gasteiger partial charge is 0.408 e. The van der Waals surface area contributed by atoms with Gasteiger partial charge < -0.3 is 20.3 Å². The Kier molecular flexibility index (Phi) is 11.6. The molecule has 0 heterocycles. The number of carbonyl (C=O) groups is 3. The summed E-state index contributed by atoms with van der Waals surface area (Å²) in [5, 5.41) is 5.80. The summed E-state index contributed by atoms with van der Waals surface area (Å²) in [5.41, 5.74) is 4.63. The Morgan fingerprint density at radius 1 is 0.923 bits per heavy atom. The van der Waals surface area contributed by atoms with Gasteiger partial charge in [0.25, 0.3) is 5.91 Å². The minimum atomic E-state index is -0.883. The molecule has 0 aromatic heterocycles. The second-order valence-electron chi connectivity index (χ2n) is 11.5. The van der Waals surface area contributed by atoms with Crippen LogP contribution in [0.25, 0.3) is 0 Å². The Bertz CT molecular complexity index is 1130. The minimum absolute atomic E-state index is 0.283. The van der Waals surface area contributed by atoms with Gasteiger partial charge in [-0.3, -0.25) is 9.59 Å². The van der Waals surface area contributed by atoms with Gasteiger partial charge in [-0.05, 0) is 84.1 Å². The maximum absolute atomic E-state index is 14.1. The van der Waals surface area contributed by atoms with Crippen LogP contribution in [0.1, 0.15) is 94.2 Å². The fourth-order valence-electron chi connectivity index (χ4n) is 4.58. The highest BCUT2D eigenvalue weighted by Gasteiger charge is 2.35. The molecule has 3 amide bonds. The molecule has 2 rings (SSSR count). The molecule has 0 spiro atoms. The highest BCUT2D eigenvalue weighted by Crippen LogP contribution is 2.30. The average molecular weight is 538 g/mol. The van der Waals surface area contributed by atoms with Crippen LogP contribution in [-0.4, -0.2) is 41.0 Å². The molecule has 0 aliphatic heterocycles. The molecular formula is C32H47N3O4. The van der Waals surface area contributed by atoms with Gasteiger partial charge in [-0.15, -0.1) is 0 Å². The summed E-state index contributed by atoms with van der Waals surface area (Å²) in [5.74, 6) is -0.616. The molecule has 2 unspecified atom stereocenters. The predicted octanol–water partition coefficient (Wildman–Crippen LogP) is 6.92. The van der Waals surface area contributed by atoms with Crippen LogP contribution in [0.5, 0.6) is 0 Å². The third kappa shape index (κ3) is 9.41. The number of alkyl carbamates (subject to hydrolysis) is 1. The summed E-state index contributed by atoms with van der Waals surface area (Å²) in [6.45, 7) is 17.3. The summed E-state index contributed by atoms with van der Waals surface area (Å²) >= 11 is 0. The van der Waals surface area contributed by atoms with E-state index in [1.165, 1.54) is 0 Å². The van der Waals surface area contributed by atoms with Gasteiger partial charge in [0, 0.05) is 12.2 Å². The lowest BCUT2D eigenvalue weighted by Gasteiger charge is -2.35. The van der Waals surface area contributed by atoms with Crippen molar-refractivity contribution in [2.75, 3.05) is 11.9 Å². The molecule has 7 heteroatoms. The van der Waals surface area contributed by atoms with E-state index in [4.69, 9.17) is 4.74 Å². The second kappa shape index (κ2) is 14.2. The average Bonchev–Trinajstić information content (AvgIpc) is 2.83. The van der Waals surface area contributed by atoms with Crippen molar-refractivity contribution in [3.63, 3.8) is 0 Å². The summed E-state index contributed by atoms with van der Waals surface area (Å²) < 4.78 is 5.38. The molecule has 2 aromatic carbocycles. The van der Waals surface area contributed by atoms with E-state index in [0.29, 0.717) is 6.54 Å². The highest BCUT2D eigenvalue weighted by molar-refractivity contribution is 6.00. The van der Waals surface area contributed by atoms with Crippen molar-refractivity contribution in [3.05, 3.63) is 64.2 Å². The molecule has 2 atom stereocenters. The van der Waals surface area contributed by atoms with E-state index in [2.05, 4.69) is 17.6 Å². The zero-order chi connectivity index (χ0) is 29.3. The fourth-order valence-corrected chi connectivity index (χ4v) is 4.58. The van der Waals surface area contributed by atoms with Crippen molar-refractivity contribution in [2.24, 2.45) is 0 Å². The molecule has 214 valence electrons. The van der Waals surface area contributed by atoms with Gasteiger partial charge in [-0.25, -0.2) is 4.79 Å². The van der Waals surface area contributed by atoms with Crippen LogP contribution in [0.3, 0.4) is 0 Å². The first-order valence-corrected chi connectivity index (χ1v) is 14.0. The standard InChI is InChI=1S/C32H47N3O4/c1-10-11-12-13-19-35(30(37)25(6)33-31(38)39-32(7,8)9)28(26-20-21(2)17-18-22(26)3)29(36)34-27-23(4)15-14-16-24(27)5/h14-18,20,25,28H,10-13,19H2,1-9H3,(H,33,38)(H,34,36). The first-order valence-electron chi connectivity index (χ1n) is 14.0. The number of hydrogen-bond acceptors (Lipinski definition) is 4. The lowest BCUT2D eigenvalue weighted by Crippen LogP contribution is -2.51. The van der Waals surface area contributed by atoms with E-state index in [1.54, 1.807) is 32.6 Å². The van der Waals surface area contributed by atoms with Gasteiger partial charge in [0.15, 0.2) is 0 Å². The summed E-state index contributed by atoms with van der Waals surface area (Å²) in [7, 11) is 0. The molecule has 7 nitrogen and oxygen atoms in total. The van der Waals surface area contributed by atoms with E-state index in [-0.39, 0.29) is 11.8 Å². The number of rotatable bonds is 11. The van der Waals surface area contributed by atoms with Crippen LogP contribution in [0.2, 0.25) is 0 Å². The topological polar surface area (TPSA) is 87.7 Å². The number of anilines is 1. The Morgan fingerprint density at radius 2 is 1.56 bits per heavy atom. The van der Waals surface area contributed by atoms with Crippen LogP contribution >= 0.6 is 0 Å². The van der Waals surface area contributed by atoms with Gasteiger partial charge in [0.05, 0.1) is 0 Å². The lowest BCUT2D eigenvalue weighted by atomic mass is 9.95. The molecule has 2 aromatic rings. The van der Waals surface area contributed by atoms with Crippen molar-refractivity contribution in [3.8, 4) is 0 Å². The third-order valence-electron chi connectivity index (χ3n) is 6.66. The molecule has 0 bridgehead atoms. The summed E-state index contributed by atoms with van der Waals surface area (Å²) in [6.07, 6.45) is 3.11. The number of carbonyl (C=O) groups excluding carboxylic acids is 3. The van der Waals surface area contributed by atoms with Crippen LogP contribution in [0.4, 0.5) is 10.5 Å². The van der Waals surface area contributed by atoms with E-state index < -0.39 is 23.8 Å². The van der Waals surface area contributed by atoms with Crippen LogP contribution in [0.15, 0.2) is 36.4 Å². The Morgan fingerprint density at radius 3 is 2.15 bits per heavy atom. The van der Waals surface area contributed by atoms with E-state index in [0.717, 1.165) is 59.2 Å². The first-order chi connectivity index (χ1) is 18.2. The molecule has 2 N–H and O–H groups in total. The number of amides is 3. The zero-order valence-electron chi connectivity index (χ0n) is 25.2. The SMILES string of the molecule is CCCCCCN(C(=O)C(C)NC(=O)OC(C)(C)C)C(C(=O)Nc1c(C)cccc1C)c1cc(C)ccc1C. The molecule has 0 radical (unpaired) electrons. The maximum Gasteiger partial charge on any atom is 0.408 e. The molecule has 0 saturated heterocycles. The predicted molar refractivity (Wildman–Crippen MR) is 158 cm³/mol. The first kappa shape index (κ1) is 31.9. The van der Waals surface area contributed by atoms with E-state index in [1.807, 2.05) is 64.1 Å². The van der Waals surface area contributed by atoms with Crippen molar-refractivity contribution < 1.29 is 19.1 Å². The normalized spacial score (nSPS) is 12.8. The minimum Gasteiger partial charge on any atom is -0.444 e. The van der Waals surface area contributed by atoms with Crippen LogP contribution in [-0.2, 0) is 14.3 Å². The maximum atomic E-state index is 14.1. The van der Waals surface area contributed by atoms with Gasteiger partial charge >= 0.3 is 6.09 Å². The quantitative estimate of drug-likeness (QED) is 0.305. The van der Waals surface area contributed by atoms with Crippen molar-refractivity contribution in [1.29, 1.82) is 0 Å². The molecular weight excluding hydrogens is 490 g/mol. The molecule has 0 aliphatic carbocycles. The molecule has 0 saturated carbocycles. The van der Waals surface area contributed by atoms with Gasteiger partial charge in [0.1, 0.15) is 17.7 Å². The largest absolute Gasteiger partial charge is 0.444 e. The van der Waals surface area contributed by atoms with Crippen LogP contribution < -0.4 is 10.6 Å². The summed E-state index contributed by atoms with van der Waals surface area (Å²) in [4.78, 5) is 42.2.